The predicted octanol–water partition coefficient (Wildman–Crippen LogP) is 3.16. The molecule has 0 spiro atoms. The molecule has 0 bridgehead atoms. The van der Waals surface area contributed by atoms with Gasteiger partial charge in [0.05, 0.1) is 46.2 Å². The molecule has 0 radical (unpaired) electrons. The van der Waals surface area contributed by atoms with Gasteiger partial charge < -0.3 is 29.0 Å². The van der Waals surface area contributed by atoms with Crippen LogP contribution < -0.4 is 14.2 Å². The summed E-state index contributed by atoms with van der Waals surface area (Å²) in [4.78, 5) is 30.6. The molecule has 37 heavy (non-hydrogen) atoms. The smallest absolute Gasteiger partial charge is 0.295 e. The molecule has 2 saturated heterocycles. The Morgan fingerprint density at radius 3 is 2.43 bits per heavy atom. The van der Waals surface area contributed by atoms with Crippen molar-refractivity contribution in [2.75, 3.05) is 60.7 Å². The van der Waals surface area contributed by atoms with Crippen LogP contribution in [0.5, 0.6) is 17.2 Å². The van der Waals surface area contributed by atoms with E-state index in [0.29, 0.717) is 60.1 Å². The summed E-state index contributed by atoms with van der Waals surface area (Å²) in [5.41, 5.74) is 1.77. The third-order valence-corrected chi connectivity index (χ3v) is 6.93. The second-order valence-electron chi connectivity index (χ2n) is 9.06. The van der Waals surface area contributed by atoms with Gasteiger partial charge in [-0.2, -0.15) is 0 Å². The molecule has 9 nitrogen and oxygen atoms in total. The van der Waals surface area contributed by atoms with Crippen LogP contribution in [0.25, 0.3) is 5.76 Å². The van der Waals surface area contributed by atoms with Gasteiger partial charge in [0.25, 0.3) is 11.7 Å². The number of ketones is 1. The maximum Gasteiger partial charge on any atom is 0.295 e. The van der Waals surface area contributed by atoms with Crippen LogP contribution in [0.15, 0.2) is 42.0 Å². The standard InChI is InChI=1S/C28H34N2O7/c1-18-17-19(34-2)9-10-20(18)25(31)23-24(21-7-5-8-22(35-3)27(21)36-4)30(28(33)26(23)32)12-6-11-29-13-15-37-16-14-29/h5,7-10,17,24,31H,6,11-16H2,1-4H3/b25-23+/t24-/m0/s1. The molecule has 9 heteroatoms. The van der Waals surface area contributed by atoms with Crippen LogP contribution in [-0.4, -0.2) is 87.3 Å². The van der Waals surface area contributed by atoms with Crippen LogP contribution in [-0.2, 0) is 14.3 Å². The molecule has 1 atom stereocenters. The van der Waals surface area contributed by atoms with Crippen molar-refractivity contribution in [3.05, 3.63) is 58.7 Å². The first-order valence-corrected chi connectivity index (χ1v) is 12.4. The minimum atomic E-state index is -0.837. The number of likely N-dealkylation sites (tertiary alicyclic amines) is 1. The van der Waals surface area contributed by atoms with E-state index in [1.165, 1.54) is 19.1 Å². The molecule has 1 N–H and O–H groups in total. The van der Waals surface area contributed by atoms with E-state index >= 15 is 0 Å². The molecule has 1 amide bonds. The number of morpholine rings is 1. The Hall–Kier alpha value is -3.56. The molecule has 0 aliphatic carbocycles. The SMILES string of the molecule is COc1ccc(/C(O)=C2\C(=O)C(=O)N(CCCN3CCOCC3)[C@H]2c2cccc(OC)c2OC)c(C)c1. The van der Waals surface area contributed by atoms with Gasteiger partial charge >= 0.3 is 0 Å². The maximum absolute atomic E-state index is 13.4. The number of aliphatic hydroxyl groups excluding tert-OH is 1. The second kappa shape index (κ2) is 11.7. The fourth-order valence-electron chi connectivity index (χ4n) is 5.02. The van der Waals surface area contributed by atoms with Crippen molar-refractivity contribution in [2.45, 2.75) is 19.4 Å². The number of hydrogen-bond donors (Lipinski definition) is 1. The van der Waals surface area contributed by atoms with Gasteiger partial charge in [0, 0.05) is 37.3 Å². The van der Waals surface area contributed by atoms with E-state index in [9.17, 15) is 14.7 Å². The first-order chi connectivity index (χ1) is 17.9. The van der Waals surface area contributed by atoms with Gasteiger partial charge in [-0.1, -0.05) is 12.1 Å². The Balaban J connectivity index is 1.78. The van der Waals surface area contributed by atoms with Crippen molar-refractivity contribution in [1.29, 1.82) is 0 Å². The fraction of sp³-hybridized carbons (Fsp3) is 0.429. The second-order valence-corrected chi connectivity index (χ2v) is 9.06. The van der Waals surface area contributed by atoms with Crippen LogP contribution in [0.4, 0.5) is 0 Å². The lowest BCUT2D eigenvalue weighted by atomic mass is 9.93. The first kappa shape index (κ1) is 26.5. The average Bonchev–Trinajstić information content (AvgIpc) is 3.17. The summed E-state index contributed by atoms with van der Waals surface area (Å²) in [5, 5.41) is 11.5. The zero-order valence-electron chi connectivity index (χ0n) is 21.8. The van der Waals surface area contributed by atoms with E-state index in [1.807, 2.05) is 6.92 Å². The van der Waals surface area contributed by atoms with Gasteiger partial charge in [0.2, 0.25) is 0 Å². The maximum atomic E-state index is 13.4. The lowest BCUT2D eigenvalue weighted by Gasteiger charge is -2.30. The van der Waals surface area contributed by atoms with Gasteiger partial charge in [-0.25, -0.2) is 0 Å². The number of amides is 1. The number of methoxy groups -OCH3 is 3. The van der Waals surface area contributed by atoms with Crippen LogP contribution in [0.1, 0.15) is 29.2 Å². The lowest BCUT2D eigenvalue weighted by Crippen LogP contribution is -2.39. The first-order valence-electron chi connectivity index (χ1n) is 12.4. The van der Waals surface area contributed by atoms with Crippen molar-refractivity contribution >= 4 is 17.4 Å². The molecule has 0 aromatic heterocycles. The number of ether oxygens (including phenoxy) is 4. The largest absolute Gasteiger partial charge is 0.507 e. The zero-order valence-corrected chi connectivity index (χ0v) is 21.8. The number of nitrogens with zero attached hydrogens (tertiary/aromatic N) is 2. The molecule has 2 fully saturated rings. The normalized spacial score (nSPS) is 19.8. The zero-order chi connectivity index (χ0) is 26.5. The number of benzene rings is 2. The van der Waals surface area contributed by atoms with Gasteiger partial charge in [0.15, 0.2) is 11.5 Å². The number of aryl methyl sites for hydroxylation is 1. The number of aliphatic hydroxyl groups is 1. The molecule has 2 aliphatic rings. The quantitative estimate of drug-likeness (QED) is 0.312. The van der Waals surface area contributed by atoms with E-state index in [4.69, 9.17) is 18.9 Å². The molecule has 0 unspecified atom stereocenters. The monoisotopic (exact) mass is 510 g/mol. The highest BCUT2D eigenvalue weighted by Crippen LogP contribution is 2.45. The molecule has 198 valence electrons. The van der Waals surface area contributed by atoms with E-state index < -0.39 is 17.7 Å². The van der Waals surface area contributed by atoms with E-state index in [-0.39, 0.29) is 11.3 Å². The Kier molecular flexibility index (Phi) is 8.35. The van der Waals surface area contributed by atoms with E-state index in [1.54, 1.807) is 43.5 Å². The third kappa shape index (κ3) is 5.28. The van der Waals surface area contributed by atoms with Gasteiger partial charge in [0.1, 0.15) is 11.5 Å². The number of carbonyl (C=O) groups is 2. The van der Waals surface area contributed by atoms with Crippen molar-refractivity contribution < 1.29 is 33.6 Å². The Morgan fingerprint density at radius 2 is 1.78 bits per heavy atom. The number of Topliss-reactive ketones (excluding diaryl/α,β-unsaturated/α-hetero) is 1. The van der Waals surface area contributed by atoms with Gasteiger partial charge in [-0.3, -0.25) is 14.5 Å². The molecule has 2 heterocycles. The molecular weight excluding hydrogens is 476 g/mol. The highest BCUT2D eigenvalue weighted by molar-refractivity contribution is 6.46. The summed E-state index contributed by atoms with van der Waals surface area (Å²) in [6.07, 6.45) is 0.664. The van der Waals surface area contributed by atoms with Gasteiger partial charge in [-0.15, -0.1) is 0 Å². The van der Waals surface area contributed by atoms with E-state index in [0.717, 1.165) is 19.6 Å². The Morgan fingerprint density at radius 1 is 1.03 bits per heavy atom. The lowest BCUT2D eigenvalue weighted by molar-refractivity contribution is -0.140. The van der Waals surface area contributed by atoms with Crippen molar-refractivity contribution in [1.82, 2.24) is 9.80 Å². The third-order valence-electron chi connectivity index (χ3n) is 6.93. The summed E-state index contributed by atoms with van der Waals surface area (Å²) < 4.78 is 21.9. The summed E-state index contributed by atoms with van der Waals surface area (Å²) in [7, 11) is 4.60. The molecule has 2 aliphatic heterocycles. The van der Waals surface area contributed by atoms with Crippen LogP contribution in [0, 0.1) is 6.92 Å². The molecule has 2 aromatic rings. The van der Waals surface area contributed by atoms with Gasteiger partial charge in [-0.05, 0) is 43.2 Å². The Labute approximate surface area is 217 Å². The number of para-hydroxylation sites is 1. The summed E-state index contributed by atoms with van der Waals surface area (Å²) in [6, 6.07) is 9.66. The molecule has 2 aromatic carbocycles. The minimum absolute atomic E-state index is 0.0243. The van der Waals surface area contributed by atoms with Crippen LogP contribution in [0.2, 0.25) is 0 Å². The summed E-state index contributed by atoms with van der Waals surface area (Å²) in [5.74, 6) is -0.0989. The Bertz CT molecular complexity index is 1190. The fourth-order valence-corrected chi connectivity index (χ4v) is 5.02. The number of carbonyl (C=O) groups excluding carboxylic acids is 2. The molecular formula is C28H34N2O7. The summed E-state index contributed by atoms with van der Waals surface area (Å²) in [6.45, 7) is 5.97. The highest BCUT2D eigenvalue weighted by atomic mass is 16.5. The minimum Gasteiger partial charge on any atom is -0.507 e. The van der Waals surface area contributed by atoms with Crippen molar-refractivity contribution in [3.63, 3.8) is 0 Å². The molecule has 4 rings (SSSR count). The summed E-state index contributed by atoms with van der Waals surface area (Å²) >= 11 is 0. The number of hydrogen-bond acceptors (Lipinski definition) is 8. The highest BCUT2D eigenvalue weighted by Gasteiger charge is 2.47. The average molecular weight is 511 g/mol. The van der Waals surface area contributed by atoms with Crippen LogP contribution >= 0.6 is 0 Å². The van der Waals surface area contributed by atoms with Crippen molar-refractivity contribution in [2.24, 2.45) is 0 Å². The van der Waals surface area contributed by atoms with E-state index in [2.05, 4.69) is 4.90 Å². The predicted molar refractivity (Wildman–Crippen MR) is 138 cm³/mol. The topological polar surface area (TPSA) is 97.8 Å². The van der Waals surface area contributed by atoms with Crippen LogP contribution in [0.3, 0.4) is 0 Å². The molecule has 0 saturated carbocycles. The van der Waals surface area contributed by atoms with Crippen molar-refractivity contribution in [3.8, 4) is 17.2 Å². The number of rotatable bonds is 9.